The van der Waals surface area contributed by atoms with E-state index in [1.54, 1.807) is 24.3 Å². The fourth-order valence-corrected chi connectivity index (χ4v) is 5.14. The molecule has 1 aliphatic rings. The van der Waals surface area contributed by atoms with Gasteiger partial charge in [0.1, 0.15) is 5.69 Å². The summed E-state index contributed by atoms with van der Waals surface area (Å²) in [7, 11) is -3.50. The summed E-state index contributed by atoms with van der Waals surface area (Å²) < 4.78 is 31.1. The summed E-state index contributed by atoms with van der Waals surface area (Å²) in [6, 6.07) is 14.8. The van der Waals surface area contributed by atoms with Crippen LogP contribution in [-0.4, -0.2) is 42.0 Å². The van der Waals surface area contributed by atoms with Crippen molar-refractivity contribution in [2.45, 2.75) is 42.5 Å². The molecule has 1 fully saturated rings. The lowest BCUT2D eigenvalue weighted by atomic mass is 9.85. The minimum absolute atomic E-state index is 0.149. The van der Waals surface area contributed by atoms with E-state index >= 15 is 0 Å². The quantitative estimate of drug-likeness (QED) is 0.438. The Bertz CT molecular complexity index is 1220. The zero-order valence-electron chi connectivity index (χ0n) is 17.6. The van der Waals surface area contributed by atoms with Gasteiger partial charge in [0.2, 0.25) is 0 Å². The van der Waals surface area contributed by atoms with E-state index in [0.717, 1.165) is 24.7 Å². The number of hydrogen-bond donors (Lipinski definition) is 2. The van der Waals surface area contributed by atoms with E-state index in [-0.39, 0.29) is 10.8 Å². The molecule has 2 atom stereocenters. The lowest BCUT2D eigenvalue weighted by molar-refractivity contribution is -0.0865. The molecule has 8 nitrogen and oxygen atoms in total. The number of carbonyl (C=O) groups excluding carboxylic acids is 1. The summed E-state index contributed by atoms with van der Waals surface area (Å²) in [6.07, 6.45) is 3.77. The SMILES string of the molecule is CS(=O)(=O)c1ccccc1-c1oc(C2CCCC(N(O)C(N)=O)C2)nc1-c1ccccc1. The Kier molecular flexibility index (Phi) is 6.03. The van der Waals surface area contributed by atoms with Crippen molar-refractivity contribution in [1.82, 2.24) is 10.0 Å². The number of aromatic nitrogens is 1. The monoisotopic (exact) mass is 455 g/mol. The van der Waals surface area contributed by atoms with Crippen LogP contribution >= 0.6 is 0 Å². The van der Waals surface area contributed by atoms with Gasteiger partial charge in [-0.05, 0) is 31.4 Å². The molecule has 0 bridgehead atoms. The molecule has 4 rings (SSSR count). The predicted octanol–water partition coefficient (Wildman–Crippen LogP) is 4.21. The standard InChI is InChI=1S/C23H25N3O5S/c1-32(29,30)19-13-6-5-12-18(19)21-20(15-8-3-2-4-9-15)25-22(31-21)16-10-7-11-17(14-16)26(28)23(24)27/h2-6,8-9,12-13,16-17,28H,7,10-11,14H2,1H3,(H2,24,27). The average Bonchev–Trinajstić information content (AvgIpc) is 3.24. The summed E-state index contributed by atoms with van der Waals surface area (Å²) >= 11 is 0. The van der Waals surface area contributed by atoms with Crippen molar-refractivity contribution in [3.8, 4) is 22.6 Å². The van der Waals surface area contributed by atoms with Gasteiger partial charge in [-0.15, -0.1) is 0 Å². The molecule has 168 valence electrons. The molecule has 0 aliphatic heterocycles. The van der Waals surface area contributed by atoms with E-state index in [1.807, 2.05) is 30.3 Å². The molecule has 2 amide bonds. The molecule has 1 heterocycles. The minimum Gasteiger partial charge on any atom is -0.440 e. The van der Waals surface area contributed by atoms with E-state index in [0.29, 0.717) is 40.8 Å². The number of nitrogens with two attached hydrogens (primary N) is 1. The highest BCUT2D eigenvalue weighted by Crippen LogP contribution is 2.41. The molecular formula is C23H25N3O5S. The van der Waals surface area contributed by atoms with E-state index < -0.39 is 21.9 Å². The van der Waals surface area contributed by atoms with Crippen LogP contribution in [0.5, 0.6) is 0 Å². The number of oxazole rings is 1. The van der Waals surface area contributed by atoms with Crippen LogP contribution in [0.4, 0.5) is 4.79 Å². The van der Waals surface area contributed by atoms with Crippen molar-refractivity contribution in [3.63, 3.8) is 0 Å². The van der Waals surface area contributed by atoms with Crippen molar-refractivity contribution >= 4 is 15.9 Å². The number of nitrogens with zero attached hydrogens (tertiary/aromatic N) is 2. The van der Waals surface area contributed by atoms with Crippen LogP contribution in [0.2, 0.25) is 0 Å². The normalized spacial score (nSPS) is 18.9. The molecule has 0 radical (unpaired) electrons. The molecule has 2 aromatic carbocycles. The number of sulfone groups is 1. The first-order valence-electron chi connectivity index (χ1n) is 10.4. The zero-order valence-corrected chi connectivity index (χ0v) is 18.5. The third-order valence-electron chi connectivity index (χ3n) is 5.79. The van der Waals surface area contributed by atoms with Gasteiger partial charge < -0.3 is 10.2 Å². The maximum Gasteiger partial charge on any atom is 0.338 e. The fraction of sp³-hybridized carbons (Fsp3) is 0.304. The second-order valence-electron chi connectivity index (χ2n) is 8.06. The Hall–Kier alpha value is -3.17. The lowest BCUT2D eigenvalue weighted by Gasteiger charge is -2.31. The molecule has 3 N–H and O–H groups in total. The van der Waals surface area contributed by atoms with Gasteiger partial charge in [0.05, 0.1) is 10.9 Å². The van der Waals surface area contributed by atoms with Gasteiger partial charge in [-0.1, -0.05) is 48.9 Å². The van der Waals surface area contributed by atoms with Crippen LogP contribution in [0.25, 0.3) is 22.6 Å². The summed E-state index contributed by atoms with van der Waals surface area (Å²) in [4.78, 5) is 16.3. The first kappa shape index (κ1) is 22.0. The Balaban J connectivity index is 1.81. The van der Waals surface area contributed by atoms with Gasteiger partial charge in [0.25, 0.3) is 0 Å². The largest absolute Gasteiger partial charge is 0.440 e. The van der Waals surface area contributed by atoms with Crippen LogP contribution in [0.1, 0.15) is 37.5 Å². The van der Waals surface area contributed by atoms with E-state index in [1.165, 1.54) is 0 Å². The van der Waals surface area contributed by atoms with Crippen molar-refractivity contribution in [1.29, 1.82) is 0 Å². The molecule has 3 aromatic rings. The summed E-state index contributed by atoms with van der Waals surface area (Å²) in [5.74, 6) is 0.680. The second-order valence-corrected chi connectivity index (χ2v) is 10.0. The predicted molar refractivity (Wildman–Crippen MR) is 119 cm³/mol. The van der Waals surface area contributed by atoms with Crippen LogP contribution in [0.15, 0.2) is 63.9 Å². The highest BCUT2D eigenvalue weighted by molar-refractivity contribution is 7.90. The summed E-state index contributed by atoms with van der Waals surface area (Å²) in [6.45, 7) is 0. The number of benzene rings is 2. The zero-order chi connectivity index (χ0) is 22.9. The number of urea groups is 1. The van der Waals surface area contributed by atoms with Crippen LogP contribution in [0, 0.1) is 0 Å². The van der Waals surface area contributed by atoms with Gasteiger partial charge in [-0.2, -0.15) is 0 Å². The maximum absolute atomic E-state index is 12.4. The van der Waals surface area contributed by atoms with Crippen molar-refractivity contribution < 1.29 is 22.8 Å². The molecule has 0 spiro atoms. The summed E-state index contributed by atoms with van der Waals surface area (Å²) in [5.41, 5.74) is 7.03. The van der Waals surface area contributed by atoms with Gasteiger partial charge in [0.15, 0.2) is 21.5 Å². The van der Waals surface area contributed by atoms with Gasteiger partial charge in [-0.25, -0.2) is 23.3 Å². The Morgan fingerprint density at radius 3 is 2.50 bits per heavy atom. The molecule has 2 unspecified atom stereocenters. The fourth-order valence-electron chi connectivity index (χ4n) is 4.25. The number of hydroxylamine groups is 2. The second kappa shape index (κ2) is 8.76. The Morgan fingerprint density at radius 1 is 1.12 bits per heavy atom. The first-order valence-corrected chi connectivity index (χ1v) is 12.3. The number of carbonyl (C=O) groups is 1. The van der Waals surface area contributed by atoms with Gasteiger partial charge >= 0.3 is 6.03 Å². The topological polar surface area (TPSA) is 127 Å². The molecule has 1 saturated carbocycles. The first-order chi connectivity index (χ1) is 15.3. The minimum atomic E-state index is -3.50. The van der Waals surface area contributed by atoms with Crippen molar-refractivity contribution in [2.75, 3.05) is 6.26 Å². The highest BCUT2D eigenvalue weighted by Gasteiger charge is 2.33. The van der Waals surface area contributed by atoms with E-state index in [4.69, 9.17) is 15.1 Å². The third kappa shape index (κ3) is 4.39. The van der Waals surface area contributed by atoms with Crippen LogP contribution < -0.4 is 5.73 Å². The van der Waals surface area contributed by atoms with Gasteiger partial charge in [-0.3, -0.25) is 5.21 Å². The van der Waals surface area contributed by atoms with Gasteiger partial charge in [0, 0.05) is 23.3 Å². The highest BCUT2D eigenvalue weighted by atomic mass is 32.2. The lowest BCUT2D eigenvalue weighted by Crippen LogP contribution is -2.43. The van der Waals surface area contributed by atoms with Crippen molar-refractivity contribution in [3.05, 3.63) is 60.5 Å². The molecule has 0 saturated heterocycles. The van der Waals surface area contributed by atoms with Crippen molar-refractivity contribution in [2.24, 2.45) is 5.73 Å². The molecule has 9 heteroatoms. The van der Waals surface area contributed by atoms with Crippen LogP contribution in [0.3, 0.4) is 0 Å². The Labute approximate surface area is 186 Å². The number of amides is 2. The molecule has 1 aromatic heterocycles. The molecular weight excluding hydrogens is 430 g/mol. The van der Waals surface area contributed by atoms with E-state index in [9.17, 15) is 18.4 Å². The Morgan fingerprint density at radius 2 is 1.81 bits per heavy atom. The number of primary amides is 1. The maximum atomic E-state index is 12.4. The number of hydrogen-bond acceptors (Lipinski definition) is 6. The molecule has 1 aliphatic carbocycles. The van der Waals surface area contributed by atoms with E-state index in [2.05, 4.69) is 0 Å². The smallest absolute Gasteiger partial charge is 0.338 e. The average molecular weight is 456 g/mol. The summed E-state index contributed by atoms with van der Waals surface area (Å²) in [5, 5.41) is 10.6. The number of rotatable bonds is 5. The third-order valence-corrected chi connectivity index (χ3v) is 6.94. The van der Waals surface area contributed by atoms with Crippen LogP contribution in [-0.2, 0) is 9.84 Å². The molecule has 32 heavy (non-hydrogen) atoms.